The number of alkyl halides is 3. The van der Waals surface area contributed by atoms with Gasteiger partial charge in [-0.05, 0) is 19.1 Å². The van der Waals surface area contributed by atoms with E-state index in [2.05, 4.69) is 19.7 Å². The van der Waals surface area contributed by atoms with Gasteiger partial charge in [0.1, 0.15) is 11.6 Å². The summed E-state index contributed by atoms with van der Waals surface area (Å²) < 4.78 is 42.2. The molecule has 2 aromatic heterocycles. The summed E-state index contributed by atoms with van der Waals surface area (Å²) in [7, 11) is 0. The van der Waals surface area contributed by atoms with Crippen molar-refractivity contribution in [1.82, 2.24) is 19.5 Å². The fourth-order valence-electron chi connectivity index (χ4n) is 2.17. The van der Waals surface area contributed by atoms with Crippen LogP contribution in [0.15, 0.2) is 35.4 Å². The van der Waals surface area contributed by atoms with Gasteiger partial charge in [0, 0.05) is 6.07 Å². The summed E-state index contributed by atoms with van der Waals surface area (Å²) >= 11 is 0. The quantitative estimate of drug-likeness (QED) is 0.788. The highest BCUT2D eigenvalue weighted by Crippen LogP contribution is 2.26. The lowest BCUT2D eigenvalue weighted by Gasteiger charge is -2.11. The molecular weight excluding hydrogens is 301 g/mol. The second-order valence-corrected chi connectivity index (χ2v) is 4.44. The van der Waals surface area contributed by atoms with Crippen LogP contribution in [0.2, 0.25) is 0 Å². The van der Waals surface area contributed by atoms with E-state index in [9.17, 15) is 18.0 Å². The highest BCUT2D eigenvalue weighted by atomic mass is 19.4. The lowest BCUT2D eigenvalue weighted by molar-refractivity contribution is -0.274. The van der Waals surface area contributed by atoms with Crippen molar-refractivity contribution in [3.8, 4) is 11.4 Å². The molecule has 0 aliphatic rings. The summed E-state index contributed by atoms with van der Waals surface area (Å²) in [5, 5.41) is 0. The zero-order chi connectivity index (χ0) is 15.9. The maximum absolute atomic E-state index is 12.3. The Balaban J connectivity index is 2.18. The lowest BCUT2D eigenvalue weighted by Crippen LogP contribution is -2.17. The van der Waals surface area contributed by atoms with Crippen molar-refractivity contribution in [3.05, 3.63) is 46.8 Å². The van der Waals surface area contributed by atoms with Gasteiger partial charge in [0.05, 0.1) is 12.0 Å². The zero-order valence-corrected chi connectivity index (χ0v) is 11.2. The largest absolute Gasteiger partial charge is 0.573 e. The molecule has 2 heterocycles. The van der Waals surface area contributed by atoms with Gasteiger partial charge in [0.2, 0.25) is 0 Å². The molecular formula is C13H9F3N4O2. The van der Waals surface area contributed by atoms with Crippen molar-refractivity contribution in [1.29, 1.82) is 0 Å². The number of benzene rings is 1. The molecule has 0 amide bonds. The van der Waals surface area contributed by atoms with Gasteiger partial charge in [-0.2, -0.15) is 0 Å². The summed E-state index contributed by atoms with van der Waals surface area (Å²) in [4.78, 5) is 22.4. The Morgan fingerprint density at radius 2 is 2.09 bits per heavy atom. The van der Waals surface area contributed by atoms with Crippen LogP contribution in [0.3, 0.4) is 0 Å². The second kappa shape index (κ2) is 4.86. The summed E-state index contributed by atoms with van der Waals surface area (Å²) in [5.41, 5.74) is 0.251. The number of aryl methyl sites for hydroxylation is 1. The molecule has 114 valence electrons. The Hall–Kier alpha value is -2.84. The monoisotopic (exact) mass is 310 g/mol. The summed E-state index contributed by atoms with van der Waals surface area (Å²) in [5.74, 6) is 0.0370. The molecule has 0 fully saturated rings. The topological polar surface area (TPSA) is 72.8 Å². The van der Waals surface area contributed by atoms with Crippen LogP contribution in [0.5, 0.6) is 5.75 Å². The number of aromatic amines is 1. The molecule has 0 unspecified atom stereocenters. The maximum atomic E-state index is 12.3. The molecule has 1 N–H and O–H groups in total. The minimum atomic E-state index is -4.79. The van der Waals surface area contributed by atoms with Gasteiger partial charge >= 0.3 is 6.36 Å². The molecule has 0 saturated heterocycles. The summed E-state index contributed by atoms with van der Waals surface area (Å²) in [6.45, 7) is 1.62. The van der Waals surface area contributed by atoms with Gasteiger partial charge in [0.15, 0.2) is 11.2 Å². The van der Waals surface area contributed by atoms with Crippen molar-refractivity contribution in [2.45, 2.75) is 13.3 Å². The molecule has 0 aliphatic carbocycles. The van der Waals surface area contributed by atoms with Gasteiger partial charge in [-0.1, -0.05) is 6.07 Å². The first-order valence-electron chi connectivity index (χ1n) is 6.14. The maximum Gasteiger partial charge on any atom is 0.573 e. The van der Waals surface area contributed by atoms with Gasteiger partial charge < -0.3 is 9.72 Å². The van der Waals surface area contributed by atoms with E-state index < -0.39 is 11.9 Å². The molecule has 3 aromatic rings. The smallest absolute Gasteiger partial charge is 0.406 e. The van der Waals surface area contributed by atoms with E-state index in [4.69, 9.17) is 0 Å². The Kier molecular flexibility index (Phi) is 3.12. The first-order chi connectivity index (χ1) is 10.3. The number of nitrogens with one attached hydrogen (secondary N) is 1. The second-order valence-electron chi connectivity index (χ2n) is 4.44. The van der Waals surface area contributed by atoms with Crippen LogP contribution in [-0.4, -0.2) is 25.9 Å². The molecule has 0 spiro atoms. The number of fused-ring (bicyclic) bond motifs is 1. The molecule has 0 atom stereocenters. The SMILES string of the molecule is Cc1nc2nc[nH]c(=O)c2n1-c1cccc(OC(F)(F)F)c1. The predicted octanol–water partition coefficient (Wildman–Crippen LogP) is 2.32. The number of hydrogen-bond donors (Lipinski definition) is 1. The molecule has 0 aliphatic heterocycles. The molecule has 0 saturated carbocycles. The number of ether oxygens (including phenoxy) is 1. The van der Waals surface area contributed by atoms with E-state index in [0.717, 1.165) is 0 Å². The van der Waals surface area contributed by atoms with Gasteiger partial charge in [-0.25, -0.2) is 9.97 Å². The number of rotatable bonds is 2. The Morgan fingerprint density at radius 3 is 2.82 bits per heavy atom. The fourth-order valence-corrected chi connectivity index (χ4v) is 2.17. The normalized spacial score (nSPS) is 11.8. The molecule has 22 heavy (non-hydrogen) atoms. The Labute approximate surface area is 121 Å². The van der Waals surface area contributed by atoms with Crippen molar-refractivity contribution < 1.29 is 17.9 Å². The number of aromatic nitrogens is 4. The van der Waals surface area contributed by atoms with Crippen LogP contribution in [0.4, 0.5) is 13.2 Å². The van der Waals surface area contributed by atoms with Gasteiger partial charge in [-0.15, -0.1) is 13.2 Å². The molecule has 6 nitrogen and oxygen atoms in total. The van der Waals surface area contributed by atoms with Crippen LogP contribution >= 0.6 is 0 Å². The number of nitrogens with zero attached hydrogens (tertiary/aromatic N) is 3. The van der Waals surface area contributed by atoms with E-state index in [1.54, 1.807) is 13.0 Å². The predicted molar refractivity (Wildman–Crippen MR) is 70.9 cm³/mol. The molecule has 0 radical (unpaired) electrons. The molecule has 1 aromatic carbocycles. The van der Waals surface area contributed by atoms with Gasteiger partial charge in [-0.3, -0.25) is 9.36 Å². The van der Waals surface area contributed by atoms with E-state index in [1.165, 1.54) is 29.1 Å². The van der Waals surface area contributed by atoms with Crippen LogP contribution < -0.4 is 10.3 Å². The average molecular weight is 310 g/mol. The Morgan fingerprint density at radius 1 is 1.32 bits per heavy atom. The standard InChI is InChI=1S/C13H9F3N4O2/c1-7-19-11-10(12(21)18-6-17-11)20(7)8-3-2-4-9(5-8)22-13(14,15)16/h2-6H,1H3,(H,17,18,21). The third kappa shape index (κ3) is 2.52. The number of H-pyrrole nitrogens is 1. The third-order valence-electron chi connectivity index (χ3n) is 2.93. The van der Waals surface area contributed by atoms with Crippen molar-refractivity contribution in [2.75, 3.05) is 0 Å². The minimum absolute atomic E-state index is 0.157. The van der Waals surface area contributed by atoms with Crippen LogP contribution in [0.1, 0.15) is 5.82 Å². The fraction of sp³-hybridized carbons (Fsp3) is 0.154. The molecule has 3 rings (SSSR count). The van der Waals surface area contributed by atoms with Crippen LogP contribution in [0.25, 0.3) is 16.9 Å². The van der Waals surface area contributed by atoms with E-state index in [1.807, 2.05) is 0 Å². The number of imidazole rings is 1. The Bertz CT molecular complexity index is 898. The van der Waals surface area contributed by atoms with E-state index in [-0.39, 0.29) is 16.9 Å². The van der Waals surface area contributed by atoms with Crippen molar-refractivity contribution >= 4 is 11.2 Å². The van der Waals surface area contributed by atoms with Crippen LogP contribution in [-0.2, 0) is 0 Å². The van der Waals surface area contributed by atoms with E-state index >= 15 is 0 Å². The highest BCUT2D eigenvalue weighted by Gasteiger charge is 2.31. The van der Waals surface area contributed by atoms with Gasteiger partial charge in [0.25, 0.3) is 5.56 Å². The minimum Gasteiger partial charge on any atom is -0.406 e. The summed E-state index contributed by atoms with van der Waals surface area (Å²) in [6, 6.07) is 5.29. The van der Waals surface area contributed by atoms with Crippen LogP contribution in [0, 0.1) is 6.92 Å². The first kappa shape index (κ1) is 14.1. The summed E-state index contributed by atoms with van der Waals surface area (Å²) in [6.07, 6.45) is -3.58. The van der Waals surface area contributed by atoms with E-state index in [0.29, 0.717) is 11.5 Å². The van der Waals surface area contributed by atoms with Crippen molar-refractivity contribution in [2.24, 2.45) is 0 Å². The molecule has 0 bridgehead atoms. The number of hydrogen-bond acceptors (Lipinski definition) is 4. The highest BCUT2D eigenvalue weighted by molar-refractivity contribution is 5.73. The number of halogens is 3. The molecule has 9 heteroatoms. The van der Waals surface area contributed by atoms with Crippen molar-refractivity contribution in [3.63, 3.8) is 0 Å². The first-order valence-corrected chi connectivity index (χ1v) is 6.14. The lowest BCUT2D eigenvalue weighted by atomic mass is 10.3. The zero-order valence-electron chi connectivity index (χ0n) is 11.2. The third-order valence-corrected chi connectivity index (χ3v) is 2.93. The average Bonchev–Trinajstić information content (AvgIpc) is 2.74.